The van der Waals surface area contributed by atoms with Crippen LogP contribution in [0.2, 0.25) is 0 Å². The van der Waals surface area contributed by atoms with Gasteiger partial charge in [-0.3, -0.25) is 33.6 Å². The number of carbonyl (C=O) groups is 8. The second kappa shape index (κ2) is 40.0. The summed E-state index contributed by atoms with van der Waals surface area (Å²) in [6.07, 6.45) is 3.64. The third kappa shape index (κ3) is 24.5. The van der Waals surface area contributed by atoms with Gasteiger partial charge in [0.1, 0.15) is 35.8 Å². The summed E-state index contributed by atoms with van der Waals surface area (Å²) in [6, 6.07) is 49.8. The number of Topliss-reactive ketones (excluding diaryl/α,β-unsaturated/α-hetero) is 2. The number of rotatable bonds is 40. The van der Waals surface area contributed by atoms with E-state index < -0.39 is 70.0 Å². The number of nitrogens with zero attached hydrogens (tertiary/aromatic N) is 2. The predicted molar refractivity (Wildman–Crippen MR) is 400 cm³/mol. The molecular weight excluding hydrogens is 1290 g/mol. The maximum Gasteiger partial charge on any atom is 0.407 e. The van der Waals surface area contributed by atoms with E-state index in [2.05, 4.69) is 57.7 Å². The van der Waals surface area contributed by atoms with Crippen LogP contribution in [0.25, 0.3) is 0 Å². The fourth-order valence-electron chi connectivity index (χ4n) is 12.9. The SMILES string of the molecule is CCCC[C@@H](NC(=O)C1CCCN1C(=O)CCC(=O)[C@H](CCCCNC(=O)OC(C)(C)C)NC(=O)[C@H](CSC(c1ccccc1)(c1ccccc1)c1ccccc1)CC(=O)[C@H](CC)NC(=O)[C@@H](C)CC(C)C)C(=O)N(CCc1ccccc1)Cc1ccc(OCc2ccc(C)cc2)cc1OC. The Hall–Kier alpha value is -8.77. The number of unbranched alkanes of at least 4 members (excludes halogenated alkanes) is 2. The average molecular weight is 1400 g/mol. The second-order valence-electron chi connectivity index (χ2n) is 28.1. The smallest absolute Gasteiger partial charge is 0.407 e. The fraction of sp³-hybridized carbons (Fsp3) is 0.470. The molecule has 6 amide bonds. The second-order valence-corrected chi connectivity index (χ2v) is 29.3. The van der Waals surface area contributed by atoms with Crippen LogP contribution < -0.4 is 30.7 Å². The van der Waals surface area contributed by atoms with Crippen molar-refractivity contribution in [2.45, 2.75) is 200 Å². The number of hydrogen-bond acceptors (Lipinski definition) is 12. The van der Waals surface area contributed by atoms with Gasteiger partial charge in [-0.1, -0.05) is 199 Å². The Bertz CT molecular complexity index is 3510. The van der Waals surface area contributed by atoms with Gasteiger partial charge in [0.15, 0.2) is 11.6 Å². The normalized spacial score (nSPS) is 14.5. The van der Waals surface area contributed by atoms with Crippen LogP contribution in [0.1, 0.15) is 178 Å². The summed E-state index contributed by atoms with van der Waals surface area (Å²) in [4.78, 5) is 119. The minimum atomic E-state index is -1.12. The van der Waals surface area contributed by atoms with Gasteiger partial charge >= 0.3 is 6.09 Å². The molecule has 1 saturated heterocycles. The highest BCUT2D eigenvalue weighted by Gasteiger charge is 2.41. The minimum Gasteiger partial charge on any atom is -0.496 e. The number of nitrogens with one attached hydrogen (secondary N) is 4. The van der Waals surface area contributed by atoms with Gasteiger partial charge in [-0.15, -0.1) is 11.8 Å². The Morgan fingerprint density at radius 3 is 1.85 bits per heavy atom. The highest BCUT2D eigenvalue weighted by Crippen LogP contribution is 2.49. The van der Waals surface area contributed by atoms with Crippen LogP contribution >= 0.6 is 11.8 Å². The van der Waals surface area contributed by atoms with Gasteiger partial charge in [0.2, 0.25) is 29.5 Å². The largest absolute Gasteiger partial charge is 0.496 e. The van der Waals surface area contributed by atoms with Gasteiger partial charge in [0.25, 0.3) is 0 Å². The van der Waals surface area contributed by atoms with Crippen molar-refractivity contribution < 1.29 is 52.6 Å². The van der Waals surface area contributed by atoms with E-state index in [0.717, 1.165) is 45.4 Å². The molecule has 1 heterocycles. The zero-order valence-electron chi connectivity index (χ0n) is 61.1. The molecule has 6 aromatic carbocycles. The van der Waals surface area contributed by atoms with Crippen LogP contribution in [-0.2, 0) is 62.6 Å². The first kappa shape index (κ1) is 79.6. The number of ether oxygens (including phenoxy) is 3. The number of thioether (sulfide) groups is 1. The van der Waals surface area contributed by atoms with Crippen molar-refractivity contribution in [3.8, 4) is 11.5 Å². The molecule has 1 unspecified atom stereocenters. The first-order valence-electron chi connectivity index (χ1n) is 36.2. The number of methoxy groups -OCH3 is 1. The quantitative estimate of drug-likeness (QED) is 0.0209. The summed E-state index contributed by atoms with van der Waals surface area (Å²) in [6.45, 7) is 18.5. The van der Waals surface area contributed by atoms with Gasteiger partial charge in [-0.05, 0) is 131 Å². The minimum absolute atomic E-state index is 0.104. The molecule has 0 bridgehead atoms. The number of amides is 6. The standard InChI is InChI=1S/C83H108N6O11S/c1-11-13-37-71(80(96)88(51-48-61-29-18-14-19-30-61)55-63-44-45-68(54-75(63)98-10)99-56-62-42-40-59(5)41-43-62)87-79(95)72-39-28-50-89(72)76(92)47-46-73(90)70(38-26-27-49-84-81(97)100-82(7,8)9)86-78(94)64(53-74(91)69(12-2)85-77(93)60(6)52-58(3)4)57-101-83(65-31-20-15-21-32-65,66-33-22-16-23-34-66)67-35-24-17-25-36-67/h14-25,29-36,40-45,54,58,60,64,69-72H,11-13,26-28,37-39,46-53,55-57H2,1-10H3,(H,84,97)(H,85,93)(H,86,94)(H,87,95)/t60-,64-,69-,70-,71+,72?/m0/s1. The number of likely N-dealkylation sites (tertiary alicyclic amines) is 1. The Kier molecular flexibility index (Phi) is 31.5. The monoisotopic (exact) mass is 1400 g/mol. The van der Waals surface area contributed by atoms with E-state index in [9.17, 15) is 28.8 Å². The van der Waals surface area contributed by atoms with Crippen LogP contribution in [0.3, 0.4) is 0 Å². The lowest BCUT2D eigenvalue weighted by atomic mass is 9.84. The highest BCUT2D eigenvalue weighted by molar-refractivity contribution is 8.00. The lowest BCUT2D eigenvalue weighted by Gasteiger charge is -2.36. The Morgan fingerprint density at radius 2 is 1.27 bits per heavy atom. The molecule has 1 aliphatic heterocycles. The van der Waals surface area contributed by atoms with Crippen LogP contribution in [-0.4, -0.2) is 119 Å². The maximum absolute atomic E-state index is 15.5. The van der Waals surface area contributed by atoms with E-state index >= 15 is 9.59 Å². The van der Waals surface area contributed by atoms with Crippen molar-refractivity contribution in [2.24, 2.45) is 17.8 Å². The molecule has 7 rings (SSSR count). The molecule has 6 aromatic rings. The molecule has 0 aliphatic carbocycles. The molecule has 0 spiro atoms. The van der Waals surface area contributed by atoms with E-state index in [4.69, 9.17) is 14.2 Å². The summed E-state index contributed by atoms with van der Waals surface area (Å²) in [5.74, 6) is -2.53. The van der Waals surface area contributed by atoms with Crippen molar-refractivity contribution in [2.75, 3.05) is 32.5 Å². The molecule has 1 aliphatic rings. The van der Waals surface area contributed by atoms with E-state index in [-0.39, 0.29) is 80.5 Å². The molecule has 0 aromatic heterocycles. The lowest BCUT2D eigenvalue weighted by Crippen LogP contribution is -2.54. The van der Waals surface area contributed by atoms with Crippen LogP contribution in [0, 0.1) is 24.7 Å². The summed E-state index contributed by atoms with van der Waals surface area (Å²) < 4.78 is 16.7. The molecule has 18 heteroatoms. The van der Waals surface area contributed by atoms with Crippen LogP contribution in [0.4, 0.5) is 4.79 Å². The summed E-state index contributed by atoms with van der Waals surface area (Å²) in [5, 5.41) is 12.0. The molecule has 542 valence electrons. The Balaban J connectivity index is 1.12. The van der Waals surface area contributed by atoms with Crippen molar-refractivity contribution in [1.29, 1.82) is 0 Å². The molecule has 0 radical (unpaired) electrons. The molecule has 101 heavy (non-hydrogen) atoms. The highest BCUT2D eigenvalue weighted by atomic mass is 32.2. The predicted octanol–water partition coefficient (Wildman–Crippen LogP) is 14.2. The summed E-state index contributed by atoms with van der Waals surface area (Å²) >= 11 is 1.51. The number of alkyl carbamates (subject to hydrolysis) is 1. The molecule has 17 nitrogen and oxygen atoms in total. The summed E-state index contributed by atoms with van der Waals surface area (Å²) in [7, 11) is 1.58. The molecule has 1 fully saturated rings. The van der Waals surface area contributed by atoms with Crippen LogP contribution in [0.5, 0.6) is 11.5 Å². The number of hydrogen-bond donors (Lipinski definition) is 4. The van der Waals surface area contributed by atoms with Gasteiger partial charge < -0.3 is 45.3 Å². The molecular formula is C83H108N6O11S. The number of ketones is 2. The zero-order valence-corrected chi connectivity index (χ0v) is 61.9. The van der Waals surface area contributed by atoms with Crippen LogP contribution in [0.15, 0.2) is 164 Å². The Morgan fingerprint density at radius 1 is 0.663 bits per heavy atom. The van der Waals surface area contributed by atoms with Crippen molar-refractivity contribution >= 4 is 59.0 Å². The fourth-order valence-corrected chi connectivity index (χ4v) is 14.6. The van der Waals surface area contributed by atoms with E-state index in [0.29, 0.717) is 82.4 Å². The van der Waals surface area contributed by atoms with Crippen molar-refractivity contribution in [3.63, 3.8) is 0 Å². The Labute approximate surface area is 603 Å². The summed E-state index contributed by atoms with van der Waals surface area (Å²) in [5.41, 5.74) is 6.10. The van der Waals surface area contributed by atoms with Gasteiger partial charge in [0.05, 0.1) is 29.9 Å². The van der Waals surface area contributed by atoms with Gasteiger partial charge in [-0.2, -0.15) is 0 Å². The topological polar surface area (TPSA) is 219 Å². The number of carbonyl (C=O) groups excluding carboxylic acids is 8. The van der Waals surface area contributed by atoms with E-state index in [1.165, 1.54) is 16.7 Å². The van der Waals surface area contributed by atoms with E-state index in [1.807, 2.05) is 169 Å². The van der Waals surface area contributed by atoms with Gasteiger partial charge in [0, 0.05) is 68.7 Å². The maximum atomic E-state index is 15.5. The van der Waals surface area contributed by atoms with Gasteiger partial charge in [-0.25, -0.2) is 4.79 Å². The molecule has 4 N–H and O–H groups in total. The third-order valence-electron chi connectivity index (χ3n) is 18.4. The molecule has 6 atom stereocenters. The lowest BCUT2D eigenvalue weighted by molar-refractivity contribution is -0.142. The zero-order chi connectivity index (χ0) is 72.9. The average Bonchev–Trinajstić information content (AvgIpc) is 0.970. The third-order valence-corrected chi connectivity index (χ3v) is 20.1. The number of benzene rings is 6. The number of aryl methyl sites for hydroxylation is 1. The van der Waals surface area contributed by atoms with Crippen molar-refractivity contribution in [1.82, 2.24) is 31.1 Å². The molecule has 0 saturated carbocycles. The van der Waals surface area contributed by atoms with E-state index in [1.54, 1.807) is 32.8 Å². The van der Waals surface area contributed by atoms with Crippen molar-refractivity contribution in [3.05, 3.63) is 203 Å². The first-order valence-corrected chi connectivity index (χ1v) is 37.2. The first-order chi connectivity index (χ1) is 48.5.